The van der Waals surface area contributed by atoms with Crippen molar-refractivity contribution in [1.82, 2.24) is 24.7 Å². The first kappa shape index (κ1) is 22.3. The molecule has 4 rings (SSSR count). The van der Waals surface area contributed by atoms with Crippen molar-refractivity contribution >= 4 is 5.95 Å². The van der Waals surface area contributed by atoms with Crippen LogP contribution in [0, 0.1) is 12.7 Å². The van der Waals surface area contributed by atoms with Crippen LogP contribution in [0.1, 0.15) is 30.4 Å². The molecule has 0 aliphatic heterocycles. The average molecular weight is 454 g/mol. The number of nitrogens with zero attached hydrogens (tertiary/aromatic N) is 5. The van der Waals surface area contributed by atoms with Crippen LogP contribution in [0.25, 0.3) is 22.4 Å². The van der Waals surface area contributed by atoms with Crippen molar-refractivity contribution in [2.75, 3.05) is 5.73 Å². The number of anilines is 1. The molecular weight excluding hydrogens is 433 g/mol. The lowest BCUT2D eigenvalue weighted by Gasteiger charge is -2.16. The number of ether oxygens (including phenoxy) is 1. The molecule has 0 amide bonds. The summed E-state index contributed by atoms with van der Waals surface area (Å²) in [5, 5.41) is 4.38. The number of hydrogen-bond donors (Lipinski definition) is 1. The van der Waals surface area contributed by atoms with Gasteiger partial charge in [0.2, 0.25) is 11.8 Å². The molecule has 0 unspecified atom stereocenters. The summed E-state index contributed by atoms with van der Waals surface area (Å²) in [7, 11) is 0. The molecule has 7 nitrogen and oxygen atoms in total. The van der Waals surface area contributed by atoms with Crippen molar-refractivity contribution in [3.05, 3.63) is 71.6 Å². The number of nitrogens with two attached hydrogens (primary N) is 1. The summed E-state index contributed by atoms with van der Waals surface area (Å²) in [6.07, 6.45) is -0.950. The van der Waals surface area contributed by atoms with Crippen LogP contribution in [0.4, 0.5) is 19.1 Å². The molecule has 0 aliphatic carbocycles. The van der Waals surface area contributed by atoms with Gasteiger partial charge >= 0.3 is 0 Å². The fraction of sp³-hybridized carbons (Fsp3) is 0.217. The lowest BCUT2D eigenvalue weighted by molar-refractivity contribution is 0.146. The van der Waals surface area contributed by atoms with Crippen LogP contribution in [-0.4, -0.2) is 24.7 Å². The number of nitrogen functional groups attached to an aromatic ring is 1. The average Bonchev–Trinajstić information content (AvgIpc) is 3.25. The molecule has 0 saturated carbocycles. The molecule has 0 aliphatic rings. The number of aromatic nitrogens is 5. The third-order valence-corrected chi connectivity index (χ3v) is 4.87. The van der Waals surface area contributed by atoms with Gasteiger partial charge in [-0.2, -0.15) is 10.1 Å². The van der Waals surface area contributed by atoms with Gasteiger partial charge in [0.05, 0.1) is 17.0 Å². The molecule has 3 aromatic heterocycles. The molecule has 0 bridgehead atoms. The third-order valence-electron chi connectivity index (χ3n) is 4.87. The van der Waals surface area contributed by atoms with E-state index in [9.17, 15) is 13.2 Å². The summed E-state index contributed by atoms with van der Waals surface area (Å²) in [4.78, 5) is 12.5. The number of benzene rings is 1. The molecule has 0 atom stereocenters. The molecule has 3 heterocycles. The van der Waals surface area contributed by atoms with Gasteiger partial charge in [0, 0.05) is 24.0 Å². The zero-order chi connectivity index (χ0) is 23.5. The minimum absolute atomic E-state index is 0.0745. The Labute approximate surface area is 188 Å². The van der Waals surface area contributed by atoms with Gasteiger partial charge in [0.1, 0.15) is 18.1 Å². The molecule has 0 radical (unpaired) electrons. The summed E-state index contributed by atoms with van der Waals surface area (Å²) < 4.78 is 48.2. The number of halogens is 3. The van der Waals surface area contributed by atoms with E-state index in [1.54, 1.807) is 23.7 Å². The van der Waals surface area contributed by atoms with E-state index in [1.807, 2.05) is 13.1 Å². The Hall–Kier alpha value is -3.95. The van der Waals surface area contributed by atoms with E-state index < -0.39 is 12.2 Å². The Morgan fingerprint density at radius 2 is 1.79 bits per heavy atom. The normalized spacial score (nSPS) is 11.2. The fourth-order valence-electron chi connectivity index (χ4n) is 3.39. The predicted octanol–water partition coefficient (Wildman–Crippen LogP) is 4.97. The first-order valence-corrected chi connectivity index (χ1v) is 10.2. The minimum atomic E-state index is -2.77. The topological polar surface area (TPSA) is 91.7 Å². The maximum atomic E-state index is 13.5. The van der Waals surface area contributed by atoms with Crippen LogP contribution in [0.15, 0.2) is 48.7 Å². The van der Waals surface area contributed by atoms with Crippen molar-refractivity contribution in [1.29, 1.82) is 0 Å². The summed E-state index contributed by atoms with van der Waals surface area (Å²) in [6, 6.07) is 10.3. The quantitative estimate of drug-likeness (QED) is 0.424. The summed E-state index contributed by atoms with van der Waals surface area (Å²) in [6.45, 7) is 4.35. The molecule has 10 heteroatoms. The first-order chi connectivity index (χ1) is 15.8. The smallest absolute Gasteiger partial charge is 0.280 e. The van der Waals surface area contributed by atoms with Gasteiger partial charge in [0.15, 0.2) is 0 Å². The number of alkyl halides is 2. The molecule has 4 aromatic rings. The second-order valence-corrected chi connectivity index (χ2v) is 7.29. The highest BCUT2D eigenvalue weighted by molar-refractivity contribution is 5.85. The first-order valence-electron chi connectivity index (χ1n) is 10.2. The van der Waals surface area contributed by atoms with Crippen molar-refractivity contribution < 1.29 is 17.9 Å². The zero-order valence-corrected chi connectivity index (χ0v) is 18.0. The van der Waals surface area contributed by atoms with Crippen LogP contribution in [0.2, 0.25) is 0 Å². The Kier molecular flexibility index (Phi) is 6.25. The Balaban J connectivity index is 1.87. The minimum Gasteiger partial charge on any atom is -0.470 e. The third kappa shape index (κ3) is 4.94. The molecule has 0 fully saturated rings. The van der Waals surface area contributed by atoms with E-state index in [0.717, 1.165) is 0 Å². The second-order valence-electron chi connectivity index (χ2n) is 7.29. The van der Waals surface area contributed by atoms with Gasteiger partial charge in [-0.1, -0.05) is 0 Å². The molecule has 170 valence electrons. The maximum absolute atomic E-state index is 13.5. The van der Waals surface area contributed by atoms with Gasteiger partial charge < -0.3 is 10.5 Å². The maximum Gasteiger partial charge on any atom is 0.280 e. The standard InChI is InChI=1S/C23H21F3N6O/c1-3-32-9-8-17(31-32)12-33-22-19(15-10-13(2)28-18(11-15)21(25)26)20(29-23(27)30-22)14-4-6-16(24)7-5-14/h4-11,21H,3,12H2,1-2H3,(H2,27,29,30). The van der Waals surface area contributed by atoms with Gasteiger partial charge in [-0.3, -0.25) is 9.67 Å². The fourth-order valence-corrected chi connectivity index (χ4v) is 3.39. The zero-order valence-electron chi connectivity index (χ0n) is 18.0. The van der Waals surface area contributed by atoms with Gasteiger partial charge in [-0.15, -0.1) is 0 Å². The Morgan fingerprint density at radius 3 is 2.45 bits per heavy atom. The van der Waals surface area contributed by atoms with E-state index in [0.29, 0.717) is 40.3 Å². The van der Waals surface area contributed by atoms with Crippen molar-refractivity contribution in [2.24, 2.45) is 0 Å². The van der Waals surface area contributed by atoms with Gasteiger partial charge in [0.25, 0.3) is 6.43 Å². The molecule has 33 heavy (non-hydrogen) atoms. The van der Waals surface area contributed by atoms with Crippen molar-refractivity contribution in [3.63, 3.8) is 0 Å². The van der Waals surface area contributed by atoms with Gasteiger partial charge in [-0.05, 0) is 61.9 Å². The number of aryl methyl sites for hydroxylation is 2. The Bertz CT molecular complexity index is 1270. The van der Waals surface area contributed by atoms with Crippen LogP contribution in [0.5, 0.6) is 5.88 Å². The highest BCUT2D eigenvalue weighted by Gasteiger charge is 2.21. The van der Waals surface area contributed by atoms with E-state index in [1.165, 1.54) is 30.3 Å². The lowest BCUT2D eigenvalue weighted by atomic mass is 9.99. The molecule has 0 saturated heterocycles. The molecular formula is C23H21F3N6O. The highest BCUT2D eigenvalue weighted by atomic mass is 19.3. The van der Waals surface area contributed by atoms with Crippen molar-refractivity contribution in [3.8, 4) is 28.3 Å². The lowest BCUT2D eigenvalue weighted by Crippen LogP contribution is -2.07. The number of pyridine rings is 1. The van der Waals surface area contributed by atoms with E-state index in [2.05, 4.69) is 20.1 Å². The van der Waals surface area contributed by atoms with E-state index in [4.69, 9.17) is 10.5 Å². The monoisotopic (exact) mass is 454 g/mol. The van der Waals surface area contributed by atoms with Crippen LogP contribution in [-0.2, 0) is 13.2 Å². The van der Waals surface area contributed by atoms with Crippen LogP contribution >= 0.6 is 0 Å². The summed E-state index contributed by atoms with van der Waals surface area (Å²) in [5.74, 6) is -0.407. The van der Waals surface area contributed by atoms with E-state index in [-0.39, 0.29) is 24.1 Å². The van der Waals surface area contributed by atoms with E-state index >= 15 is 0 Å². The molecule has 0 spiro atoms. The summed E-state index contributed by atoms with van der Waals surface area (Å²) >= 11 is 0. The Morgan fingerprint density at radius 1 is 1.03 bits per heavy atom. The summed E-state index contributed by atoms with van der Waals surface area (Å²) in [5.41, 5.74) is 8.17. The molecule has 2 N–H and O–H groups in total. The predicted molar refractivity (Wildman–Crippen MR) is 117 cm³/mol. The largest absolute Gasteiger partial charge is 0.470 e. The highest BCUT2D eigenvalue weighted by Crippen LogP contribution is 2.39. The SMILES string of the molecule is CCn1ccc(COc2nc(N)nc(-c3ccc(F)cc3)c2-c2cc(C)nc(C(F)F)c2)n1. The second kappa shape index (κ2) is 9.27. The molecule has 1 aromatic carbocycles. The number of rotatable bonds is 7. The van der Waals surface area contributed by atoms with Crippen LogP contribution < -0.4 is 10.5 Å². The van der Waals surface area contributed by atoms with Crippen molar-refractivity contribution in [2.45, 2.75) is 33.4 Å². The van der Waals surface area contributed by atoms with Gasteiger partial charge in [-0.25, -0.2) is 18.2 Å². The number of hydrogen-bond acceptors (Lipinski definition) is 6. The van der Waals surface area contributed by atoms with Crippen LogP contribution in [0.3, 0.4) is 0 Å².